The third kappa shape index (κ3) is 2.88. The summed E-state index contributed by atoms with van der Waals surface area (Å²) in [5, 5.41) is 0. The number of piperidine rings is 1. The minimum atomic E-state index is 0.932. The zero-order valence-electron chi connectivity index (χ0n) is 12.7. The summed E-state index contributed by atoms with van der Waals surface area (Å²) >= 11 is 0. The van der Waals surface area contributed by atoms with E-state index in [1.807, 2.05) is 0 Å². The number of hydrogen-bond donors (Lipinski definition) is 0. The number of rotatable bonds is 4. The number of likely N-dealkylation sites (tertiary alicyclic amines) is 1. The molecule has 0 amide bonds. The molecule has 1 aliphatic rings. The Kier molecular flexibility index (Phi) is 4.06. The SMILES string of the molecule is Cc1nc2ccccc2n1CCCC1CCN(C)CC1. The minimum absolute atomic E-state index is 0.932. The van der Waals surface area contributed by atoms with Gasteiger partial charge in [-0.05, 0) is 70.8 Å². The van der Waals surface area contributed by atoms with Crippen molar-refractivity contribution in [3.8, 4) is 0 Å². The minimum Gasteiger partial charge on any atom is -0.328 e. The Hall–Kier alpha value is -1.35. The summed E-state index contributed by atoms with van der Waals surface area (Å²) in [6.07, 6.45) is 5.38. The summed E-state index contributed by atoms with van der Waals surface area (Å²) in [7, 11) is 2.23. The van der Waals surface area contributed by atoms with E-state index in [0.717, 1.165) is 23.8 Å². The van der Waals surface area contributed by atoms with Crippen LogP contribution in [0.4, 0.5) is 0 Å². The molecule has 1 aromatic heterocycles. The highest BCUT2D eigenvalue weighted by Gasteiger charge is 2.16. The van der Waals surface area contributed by atoms with Crippen LogP contribution in [0.3, 0.4) is 0 Å². The molecule has 2 heterocycles. The Bertz CT molecular complexity index is 565. The molecule has 0 radical (unpaired) electrons. The van der Waals surface area contributed by atoms with Gasteiger partial charge in [-0.3, -0.25) is 0 Å². The maximum absolute atomic E-state index is 4.64. The molecule has 20 heavy (non-hydrogen) atoms. The van der Waals surface area contributed by atoms with Crippen LogP contribution in [0.25, 0.3) is 11.0 Å². The van der Waals surface area contributed by atoms with Crippen molar-refractivity contribution in [2.75, 3.05) is 20.1 Å². The van der Waals surface area contributed by atoms with E-state index in [-0.39, 0.29) is 0 Å². The Morgan fingerprint density at radius 1 is 1.20 bits per heavy atom. The molecule has 0 atom stereocenters. The maximum atomic E-state index is 4.64. The fourth-order valence-corrected chi connectivity index (χ4v) is 3.37. The molecule has 1 aromatic carbocycles. The standard InChI is InChI=1S/C17H25N3/c1-14-18-16-7-3-4-8-17(16)20(14)11-5-6-15-9-12-19(2)13-10-15/h3-4,7-8,15H,5-6,9-13H2,1-2H3. The Morgan fingerprint density at radius 3 is 2.75 bits per heavy atom. The van der Waals surface area contributed by atoms with E-state index in [4.69, 9.17) is 0 Å². The first kappa shape index (κ1) is 13.6. The van der Waals surface area contributed by atoms with Gasteiger partial charge in [-0.15, -0.1) is 0 Å². The van der Waals surface area contributed by atoms with Crippen LogP contribution < -0.4 is 0 Å². The van der Waals surface area contributed by atoms with Crippen LogP contribution in [0.1, 0.15) is 31.5 Å². The van der Waals surface area contributed by atoms with Gasteiger partial charge in [-0.1, -0.05) is 12.1 Å². The molecule has 0 saturated carbocycles. The van der Waals surface area contributed by atoms with Gasteiger partial charge in [-0.25, -0.2) is 4.98 Å². The zero-order chi connectivity index (χ0) is 13.9. The normalized spacial score (nSPS) is 17.9. The first-order valence-corrected chi connectivity index (χ1v) is 7.84. The lowest BCUT2D eigenvalue weighted by molar-refractivity contribution is 0.209. The van der Waals surface area contributed by atoms with Gasteiger partial charge < -0.3 is 9.47 Å². The van der Waals surface area contributed by atoms with E-state index in [9.17, 15) is 0 Å². The van der Waals surface area contributed by atoms with Crippen molar-refractivity contribution in [1.29, 1.82) is 0 Å². The van der Waals surface area contributed by atoms with E-state index in [0.29, 0.717) is 0 Å². The van der Waals surface area contributed by atoms with Crippen LogP contribution in [-0.2, 0) is 6.54 Å². The molecule has 0 bridgehead atoms. The Labute approximate surface area is 121 Å². The molecule has 1 aliphatic heterocycles. The van der Waals surface area contributed by atoms with E-state index >= 15 is 0 Å². The van der Waals surface area contributed by atoms with Crippen LogP contribution in [-0.4, -0.2) is 34.6 Å². The number of imidazole rings is 1. The lowest BCUT2D eigenvalue weighted by atomic mass is 9.92. The van der Waals surface area contributed by atoms with Crippen molar-refractivity contribution in [1.82, 2.24) is 14.5 Å². The van der Waals surface area contributed by atoms with Crippen molar-refractivity contribution in [3.05, 3.63) is 30.1 Å². The van der Waals surface area contributed by atoms with Crippen molar-refractivity contribution >= 4 is 11.0 Å². The van der Waals surface area contributed by atoms with Gasteiger partial charge in [0.2, 0.25) is 0 Å². The molecule has 3 heteroatoms. The van der Waals surface area contributed by atoms with E-state index in [1.54, 1.807) is 0 Å². The number of aryl methyl sites for hydroxylation is 2. The molecule has 1 fully saturated rings. The highest BCUT2D eigenvalue weighted by molar-refractivity contribution is 5.75. The average molecular weight is 271 g/mol. The number of fused-ring (bicyclic) bond motifs is 1. The number of para-hydroxylation sites is 2. The molecule has 0 N–H and O–H groups in total. The largest absolute Gasteiger partial charge is 0.328 e. The van der Waals surface area contributed by atoms with Crippen molar-refractivity contribution in [2.45, 2.75) is 39.2 Å². The number of nitrogens with zero attached hydrogens (tertiary/aromatic N) is 3. The molecule has 0 unspecified atom stereocenters. The smallest absolute Gasteiger partial charge is 0.106 e. The third-order valence-electron chi connectivity index (χ3n) is 4.68. The predicted molar refractivity (Wildman–Crippen MR) is 83.9 cm³/mol. The highest BCUT2D eigenvalue weighted by atomic mass is 15.1. The van der Waals surface area contributed by atoms with Crippen LogP contribution in [0.15, 0.2) is 24.3 Å². The van der Waals surface area contributed by atoms with Gasteiger partial charge in [-0.2, -0.15) is 0 Å². The maximum Gasteiger partial charge on any atom is 0.106 e. The second-order valence-electron chi connectivity index (χ2n) is 6.19. The molecule has 3 rings (SSSR count). The fraction of sp³-hybridized carbons (Fsp3) is 0.588. The van der Waals surface area contributed by atoms with Crippen molar-refractivity contribution in [3.63, 3.8) is 0 Å². The van der Waals surface area contributed by atoms with Crippen LogP contribution in [0.2, 0.25) is 0 Å². The molecule has 0 aliphatic carbocycles. The van der Waals surface area contributed by atoms with E-state index in [2.05, 4.69) is 52.7 Å². The van der Waals surface area contributed by atoms with Gasteiger partial charge in [0.25, 0.3) is 0 Å². The van der Waals surface area contributed by atoms with Crippen molar-refractivity contribution < 1.29 is 0 Å². The monoisotopic (exact) mass is 271 g/mol. The van der Waals surface area contributed by atoms with Crippen LogP contribution >= 0.6 is 0 Å². The fourth-order valence-electron chi connectivity index (χ4n) is 3.37. The topological polar surface area (TPSA) is 21.1 Å². The lowest BCUT2D eigenvalue weighted by Crippen LogP contribution is -2.30. The van der Waals surface area contributed by atoms with Gasteiger partial charge in [0, 0.05) is 6.54 Å². The third-order valence-corrected chi connectivity index (χ3v) is 4.68. The zero-order valence-corrected chi connectivity index (χ0v) is 12.7. The summed E-state index contributed by atoms with van der Waals surface area (Å²) in [6.45, 7) is 5.78. The molecule has 108 valence electrons. The Morgan fingerprint density at radius 2 is 1.95 bits per heavy atom. The van der Waals surface area contributed by atoms with E-state index in [1.165, 1.54) is 44.3 Å². The van der Waals surface area contributed by atoms with Gasteiger partial charge in [0.05, 0.1) is 11.0 Å². The van der Waals surface area contributed by atoms with Gasteiger partial charge >= 0.3 is 0 Å². The molecular formula is C17H25N3. The number of hydrogen-bond acceptors (Lipinski definition) is 2. The molecule has 3 nitrogen and oxygen atoms in total. The second-order valence-corrected chi connectivity index (χ2v) is 6.19. The van der Waals surface area contributed by atoms with Gasteiger partial charge in [0.15, 0.2) is 0 Å². The molecule has 2 aromatic rings. The summed E-state index contributed by atoms with van der Waals surface area (Å²) < 4.78 is 2.38. The summed E-state index contributed by atoms with van der Waals surface area (Å²) in [4.78, 5) is 7.09. The molecular weight excluding hydrogens is 246 g/mol. The van der Waals surface area contributed by atoms with Crippen LogP contribution in [0, 0.1) is 12.8 Å². The summed E-state index contributed by atoms with van der Waals surface area (Å²) in [5.74, 6) is 2.08. The Balaban J connectivity index is 1.59. The first-order valence-electron chi connectivity index (χ1n) is 7.84. The number of aromatic nitrogens is 2. The predicted octanol–water partition coefficient (Wildman–Crippen LogP) is 3.47. The van der Waals surface area contributed by atoms with Crippen LogP contribution in [0.5, 0.6) is 0 Å². The van der Waals surface area contributed by atoms with Crippen molar-refractivity contribution in [2.24, 2.45) is 5.92 Å². The summed E-state index contributed by atoms with van der Waals surface area (Å²) in [6, 6.07) is 8.47. The quantitative estimate of drug-likeness (QED) is 0.849. The summed E-state index contributed by atoms with van der Waals surface area (Å²) in [5.41, 5.74) is 2.41. The lowest BCUT2D eigenvalue weighted by Gasteiger charge is -2.28. The second kappa shape index (κ2) is 5.96. The highest BCUT2D eigenvalue weighted by Crippen LogP contribution is 2.22. The first-order chi connectivity index (χ1) is 9.74. The number of benzene rings is 1. The van der Waals surface area contributed by atoms with E-state index < -0.39 is 0 Å². The average Bonchev–Trinajstić information content (AvgIpc) is 2.77. The molecule has 1 saturated heterocycles. The van der Waals surface area contributed by atoms with Gasteiger partial charge in [0.1, 0.15) is 5.82 Å². The molecule has 0 spiro atoms.